The lowest BCUT2D eigenvalue weighted by Gasteiger charge is -2.35. The fraction of sp³-hybridized carbons (Fsp3) is 0.556. The molecule has 1 atom stereocenters. The molecule has 1 saturated carbocycles. The van der Waals surface area contributed by atoms with Gasteiger partial charge >= 0.3 is 0 Å². The zero-order chi connectivity index (χ0) is 16.9. The SMILES string of the molecule is O=C(CSC[C@H](O)c1ccccc1)N1CCN(C(=O)C2CC2)CC1. The summed E-state index contributed by atoms with van der Waals surface area (Å²) < 4.78 is 0. The molecule has 1 heterocycles. The summed E-state index contributed by atoms with van der Waals surface area (Å²) in [4.78, 5) is 28.0. The number of aliphatic hydroxyl groups excluding tert-OH is 1. The average molecular weight is 348 g/mol. The summed E-state index contributed by atoms with van der Waals surface area (Å²) >= 11 is 1.46. The largest absolute Gasteiger partial charge is 0.388 e. The maximum atomic E-state index is 12.3. The second-order valence-corrected chi connectivity index (χ2v) is 7.45. The average Bonchev–Trinajstić information content (AvgIpc) is 3.47. The van der Waals surface area contributed by atoms with Crippen LogP contribution in [0.15, 0.2) is 30.3 Å². The Labute approximate surface area is 147 Å². The van der Waals surface area contributed by atoms with Crippen molar-refractivity contribution in [1.29, 1.82) is 0 Å². The van der Waals surface area contributed by atoms with Crippen molar-refractivity contribution in [3.63, 3.8) is 0 Å². The highest BCUT2D eigenvalue weighted by molar-refractivity contribution is 7.99. The highest BCUT2D eigenvalue weighted by atomic mass is 32.2. The molecule has 130 valence electrons. The van der Waals surface area contributed by atoms with E-state index < -0.39 is 6.10 Å². The van der Waals surface area contributed by atoms with E-state index in [0.29, 0.717) is 37.7 Å². The van der Waals surface area contributed by atoms with E-state index >= 15 is 0 Å². The Morgan fingerprint density at radius 2 is 1.71 bits per heavy atom. The Kier molecular flexibility index (Phi) is 5.79. The van der Waals surface area contributed by atoms with Gasteiger partial charge in [0.15, 0.2) is 0 Å². The van der Waals surface area contributed by atoms with Crippen LogP contribution in [0.1, 0.15) is 24.5 Å². The van der Waals surface area contributed by atoms with Gasteiger partial charge in [0.25, 0.3) is 0 Å². The van der Waals surface area contributed by atoms with Crippen molar-refractivity contribution in [3.05, 3.63) is 35.9 Å². The lowest BCUT2D eigenvalue weighted by molar-refractivity contribution is -0.139. The monoisotopic (exact) mass is 348 g/mol. The van der Waals surface area contributed by atoms with Crippen LogP contribution in [-0.2, 0) is 9.59 Å². The molecule has 1 aliphatic heterocycles. The van der Waals surface area contributed by atoms with E-state index in [1.807, 2.05) is 40.1 Å². The summed E-state index contributed by atoms with van der Waals surface area (Å²) in [6.07, 6.45) is 1.51. The molecular formula is C18H24N2O3S. The zero-order valence-corrected chi connectivity index (χ0v) is 14.6. The molecule has 3 rings (SSSR count). The Morgan fingerprint density at radius 3 is 2.33 bits per heavy atom. The Balaban J connectivity index is 1.36. The van der Waals surface area contributed by atoms with Gasteiger partial charge in [-0.25, -0.2) is 0 Å². The lowest BCUT2D eigenvalue weighted by atomic mass is 10.1. The van der Waals surface area contributed by atoms with Crippen LogP contribution < -0.4 is 0 Å². The normalized spacial score (nSPS) is 19.2. The topological polar surface area (TPSA) is 60.9 Å². The summed E-state index contributed by atoms with van der Waals surface area (Å²) in [5.74, 6) is 1.50. The number of hydrogen-bond acceptors (Lipinski definition) is 4. The molecule has 5 nitrogen and oxygen atoms in total. The molecule has 1 saturated heterocycles. The first-order chi connectivity index (χ1) is 11.6. The van der Waals surface area contributed by atoms with E-state index in [4.69, 9.17) is 0 Å². The first-order valence-corrected chi connectivity index (χ1v) is 9.68. The summed E-state index contributed by atoms with van der Waals surface area (Å²) in [7, 11) is 0. The minimum Gasteiger partial charge on any atom is -0.388 e. The molecule has 0 radical (unpaired) electrons. The Bertz CT molecular complexity index is 569. The van der Waals surface area contributed by atoms with Crippen molar-refractivity contribution >= 4 is 23.6 Å². The van der Waals surface area contributed by atoms with Gasteiger partial charge in [-0.2, -0.15) is 0 Å². The van der Waals surface area contributed by atoms with Crippen LogP contribution in [0.5, 0.6) is 0 Å². The predicted octanol–water partition coefficient (Wildman–Crippen LogP) is 1.53. The molecule has 0 bridgehead atoms. The van der Waals surface area contributed by atoms with Crippen molar-refractivity contribution in [2.24, 2.45) is 5.92 Å². The van der Waals surface area contributed by atoms with Crippen LogP contribution in [0.4, 0.5) is 0 Å². The number of nitrogens with zero attached hydrogens (tertiary/aromatic N) is 2. The summed E-state index contributed by atoms with van der Waals surface area (Å²) in [6, 6.07) is 9.50. The van der Waals surface area contributed by atoms with E-state index in [0.717, 1.165) is 18.4 Å². The number of benzene rings is 1. The van der Waals surface area contributed by atoms with Crippen LogP contribution in [0.25, 0.3) is 0 Å². The van der Waals surface area contributed by atoms with E-state index in [1.54, 1.807) is 0 Å². The van der Waals surface area contributed by atoms with Crippen LogP contribution in [0, 0.1) is 5.92 Å². The number of carbonyl (C=O) groups excluding carboxylic acids is 2. The Hall–Kier alpha value is -1.53. The summed E-state index contributed by atoms with van der Waals surface area (Å²) in [5.41, 5.74) is 0.879. The molecule has 0 aromatic heterocycles. The van der Waals surface area contributed by atoms with E-state index in [9.17, 15) is 14.7 Å². The van der Waals surface area contributed by atoms with Gasteiger partial charge in [-0.3, -0.25) is 9.59 Å². The minimum absolute atomic E-state index is 0.0961. The fourth-order valence-electron chi connectivity index (χ4n) is 2.89. The molecule has 1 aromatic rings. The third-order valence-electron chi connectivity index (χ3n) is 4.56. The number of thioether (sulfide) groups is 1. The van der Waals surface area contributed by atoms with Crippen molar-refractivity contribution in [1.82, 2.24) is 9.80 Å². The van der Waals surface area contributed by atoms with E-state index in [-0.39, 0.29) is 17.7 Å². The fourth-order valence-corrected chi connectivity index (χ4v) is 3.78. The van der Waals surface area contributed by atoms with Gasteiger partial charge in [0, 0.05) is 37.8 Å². The van der Waals surface area contributed by atoms with E-state index in [2.05, 4.69) is 0 Å². The van der Waals surface area contributed by atoms with Crippen LogP contribution in [0.2, 0.25) is 0 Å². The van der Waals surface area contributed by atoms with Gasteiger partial charge in [0.2, 0.25) is 11.8 Å². The van der Waals surface area contributed by atoms with Gasteiger partial charge in [-0.1, -0.05) is 30.3 Å². The van der Waals surface area contributed by atoms with Crippen LogP contribution in [-0.4, -0.2) is 64.4 Å². The number of amides is 2. The maximum Gasteiger partial charge on any atom is 0.232 e. The quantitative estimate of drug-likeness (QED) is 0.847. The van der Waals surface area contributed by atoms with Gasteiger partial charge in [-0.05, 0) is 18.4 Å². The van der Waals surface area contributed by atoms with E-state index in [1.165, 1.54) is 11.8 Å². The number of hydrogen-bond donors (Lipinski definition) is 1. The van der Waals surface area contributed by atoms with Crippen molar-refractivity contribution in [2.75, 3.05) is 37.7 Å². The van der Waals surface area contributed by atoms with Gasteiger partial charge in [0.1, 0.15) is 0 Å². The number of aliphatic hydroxyl groups is 1. The smallest absolute Gasteiger partial charge is 0.232 e. The minimum atomic E-state index is -0.544. The molecule has 1 aliphatic carbocycles. The van der Waals surface area contributed by atoms with Crippen LogP contribution >= 0.6 is 11.8 Å². The standard InChI is InChI=1S/C18H24N2O3S/c21-16(14-4-2-1-3-5-14)12-24-13-17(22)19-8-10-20(11-9-19)18(23)15-6-7-15/h1-5,15-16,21H,6-13H2/t16-/m0/s1. The number of rotatable bonds is 6. The summed E-state index contributed by atoms with van der Waals surface area (Å²) in [5, 5.41) is 10.1. The first-order valence-electron chi connectivity index (χ1n) is 8.52. The molecule has 1 N–H and O–H groups in total. The molecule has 2 fully saturated rings. The van der Waals surface area contributed by atoms with Crippen LogP contribution in [0.3, 0.4) is 0 Å². The first kappa shape index (κ1) is 17.3. The second-order valence-electron chi connectivity index (χ2n) is 6.42. The van der Waals surface area contributed by atoms with Gasteiger partial charge < -0.3 is 14.9 Å². The van der Waals surface area contributed by atoms with Gasteiger partial charge in [-0.15, -0.1) is 11.8 Å². The third-order valence-corrected chi connectivity index (χ3v) is 5.56. The Morgan fingerprint density at radius 1 is 1.08 bits per heavy atom. The lowest BCUT2D eigenvalue weighted by Crippen LogP contribution is -2.51. The van der Waals surface area contributed by atoms with Crippen molar-refractivity contribution < 1.29 is 14.7 Å². The van der Waals surface area contributed by atoms with Gasteiger partial charge in [0.05, 0.1) is 11.9 Å². The molecule has 24 heavy (non-hydrogen) atoms. The maximum absolute atomic E-state index is 12.3. The summed E-state index contributed by atoms with van der Waals surface area (Å²) in [6.45, 7) is 2.55. The molecule has 0 unspecified atom stereocenters. The van der Waals surface area contributed by atoms with Crippen molar-refractivity contribution in [3.8, 4) is 0 Å². The van der Waals surface area contributed by atoms with Crippen molar-refractivity contribution in [2.45, 2.75) is 18.9 Å². The predicted molar refractivity (Wildman–Crippen MR) is 94.6 cm³/mol. The molecule has 0 spiro atoms. The molecule has 1 aromatic carbocycles. The zero-order valence-electron chi connectivity index (χ0n) is 13.8. The molecule has 6 heteroatoms. The highest BCUT2D eigenvalue weighted by Crippen LogP contribution is 2.31. The third kappa shape index (κ3) is 4.51. The highest BCUT2D eigenvalue weighted by Gasteiger charge is 2.35. The molecular weight excluding hydrogens is 324 g/mol. The number of carbonyl (C=O) groups is 2. The molecule has 2 aliphatic rings. The number of piperazine rings is 1. The molecule has 2 amide bonds. The second kappa shape index (κ2) is 8.03.